The van der Waals surface area contributed by atoms with Crippen LogP contribution < -0.4 is 11.1 Å². The Morgan fingerprint density at radius 2 is 2.17 bits per heavy atom. The van der Waals surface area contributed by atoms with Crippen molar-refractivity contribution in [3.8, 4) is 0 Å². The predicted molar refractivity (Wildman–Crippen MR) is 68.4 cm³/mol. The minimum atomic E-state index is -0.805. The molecule has 1 amide bonds. The lowest BCUT2D eigenvalue weighted by Gasteiger charge is -2.25. The maximum atomic E-state index is 12.2. The number of carbonyl (C=O) groups excluding carboxylic acids is 1. The van der Waals surface area contributed by atoms with E-state index in [1.807, 2.05) is 6.92 Å². The van der Waals surface area contributed by atoms with Crippen molar-refractivity contribution in [1.29, 1.82) is 0 Å². The van der Waals surface area contributed by atoms with E-state index in [4.69, 9.17) is 15.7 Å². The third-order valence-electron chi connectivity index (χ3n) is 3.44. The van der Waals surface area contributed by atoms with E-state index in [0.717, 1.165) is 19.3 Å². The van der Waals surface area contributed by atoms with E-state index in [-0.39, 0.29) is 11.7 Å². The van der Waals surface area contributed by atoms with Crippen LogP contribution in [-0.2, 0) is 9.53 Å². The summed E-state index contributed by atoms with van der Waals surface area (Å²) in [7, 11) is 0. The summed E-state index contributed by atoms with van der Waals surface area (Å²) in [5.74, 6) is -0.103. The van der Waals surface area contributed by atoms with Gasteiger partial charge in [-0.3, -0.25) is 4.79 Å². The molecule has 0 atom stereocenters. The summed E-state index contributed by atoms with van der Waals surface area (Å²) < 4.78 is 5.19. The molecular weight excluding hydrogens is 234 g/mol. The number of ether oxygens (including phenoxy) is 1. The van der Waals surface area contributed by atoms with Gasteiger partial charge in [0.2, 0.25) is 5.91 Å². The molecule has 6 nitrogen and oxygen atoms in total. The summed E-state index contributed by atoms with van der Waals surface area (Å²) in [6.45, 7) is 3.80. The van der Waals surface area contributed by atoms with Crippen LogP contribution in [0.15, 0.2) is 5.16 Å². The molecule has 0 aromatic rings. The van der Waals surface area contributed by atoms with Crippen molar-refractivity contribution < 1.29 is 14.7 Å². The normalized spacial score (nSPS) is 18.8. The van der Waals surface area contributed by atoms with Crippen LogP contribution in [0.1, 0.15) is 39.0 Å². The van der Waals surface area contributed by atoms with Crippen molar-refractivity contribution in [3.05, 3.63) is 0 Å². The molecule has 0 unspecified atom stereocenters. The third-order valence-corrected chi connectivity index (χ3v) is 3.44. The SMILES string of the molecule is CCOCCCNC(=O)C1(C(N)=NO)CCCC1. The molecule has 0 heterocycles. The molecular formula is C12H23N3O3. The zero-order valence-electron chi connectivity index (χ0n) is 10.9. The fourth-order valence-corrected chi connectivity index (χ4v) is 2.36. The van der Waals surface area contributed by atoms with Gasteiger partial charge < -0.3 is 21.0 Å². The van der Waals surface area contributed by atoms with Gasteiger partial charge in [0.15, 0.2) is 5.84 Å². The van der Waals surface area contributed by atoms with E-state index < -0.39 is 5.41 Å². The highest BCUT2D eigenvalue weighted by Crippen LogP contribution is 2.38. The van der Waals surface area contributed by atoms with Gasteiger partial charge in [-0.25, -0.2) is 0 Å². The number of carbonyl (C=O) groups is 1. The molecule has 0 bridgehead atoms. The number of hydrogen-bond acceptors (Lipinski definition) is 4. The molecule has 0 radical (unpaired) electrons. The Morgan fingerprint density at radius 3 is 2.72 bits per heavy atom. The van der Waals surface area contributed by atoms with Crippen molar-refractivity contribution in [2.45, 2.75) is 39.0 Å². The third kappa shape index (κ3) is 3.35. The highest BCUT2D eigenvalue weighted by atomic mass is 16.5. The van der Waals surface area contributed by atoms with E-state index >= 15 is 0 Å². The molecule has 0 aliphatic heterocycles. The molecule has 0 aromatic carbocycles. The molecule has 1 rings (SSSR count). The van der Waals surface area contributed by atoms with E-state index in [2.05, 4.69) is 10.5 Å². The van der Waals surface area contributed by atoms with Crippen LogP contribution in [0.2, 0.25) is 0 Å². The first-order valence-electron chi connectivity index (χ1n) is 6.51. The molecule has 18 heavy (non-hydrogen) atoms. The summed E-state index contributed by atoms with van der Waals surface area (Å²) in [4.78, 5) is 12.2. The molecule has 104 valence electrons. The molecule has 0 aromatic heterocycles. The standard InChI is InChI=1S/C12H23N3O3/c1-2-18-9-5-8-14-11(16)12(10(13)15-17)6-3-4-7-12/h17H,2-9H2,1H3,(H2,13,15)(H,14,16). The Bertz CT molecular complexity index is 299. The number of nitrogens with two attached hydrogens (primary N) is 1. The molecule has 4 N–H and O–H groups in total. The number of amidine groups is 1. The van der Waals surface area contributed by atoms with Crippen molar-refractivity contribution in [2.75, 3.05) is 19.8 Å². The number of rotatable bonds is 7. The summed E-state index contributed by atoms with van der Waals surface area (Å²) in [5.41, 5.74) is 4.88. The average molecular weight is 257 g/mol. The number of hydrogen-bond donors (Lipinski definition) is 3. The average Bonchev–Trinajstić information content (AvgIpc) is 2.88. The van der Waals surface area contributed by atoms with Gasteiger partial charge in [-0.1, -0.05) is 18.0 Å². The van der Waals surface area contributed by atoms with Gasteiger partial charge in [0.1, 0.15) is 5.41 Å². The second-order valence-electron chi connectivity index (χ2n) is 4.58. The van der Waals surface area contributed by atoms with Crippen molar-refractivity contribution in [1.82, 2.24) is 5.32 Å². The fraction of sp³-hybridized carbons (Fsp3) is 0.833. The minimum absolute atomic E-state index is 0.0299. The van der Waals surface area contributed by atoms with Crippen LogP contribution in [0.4, 0.5) is 0 Å². The Morgan fingerprint density at radius 1 is 1.50 bits per heavy atom. The molecule has 6 heteroatoms. The number of oxime groups is 1. The highest BCUT2D eigenvalue weighted by Gasteiger charge is 2.45. The van der Waals surface area contributed by atoms with Gasteiger partial charge in [0.25, 0.3) is 0 Å². The van der Waals surface area contributed by atoms with Crippen LogP contribution in [0.25, 0.3) is 0 Å². The lowest BCUT2D eigenvalue weighted by molar-refractivity contribution is -0.127. The molecule has 0 spiro atoms. The Labute approximate surface area is 108 Å². The van der Waals surface area contributed by atoms with Crippen molar-refractivity contribution in [3.63, 3.8) is 0 Å². The second-order valence-corrected chi connectivity index (χ2v) is 4.58. The van der Waals surface area contributed by atoms with E-state index in [1.165, 1.54) is 0 Å². The van der Waals surface area contributed by atoms with Gasteiger partial charge in [-0.15, -0.1) is 0 Å². The van der Waals surface area contributed by atoms with Gasteiger partial charge in [0.05, 0.1) is 0 Å². The molecule has 0 saturated heterocycles. The lowest BCUT2D eigenvalue weighted by Crippen LogP contribution is -2.48. The quantitative estimate of drug-likeness (QED) is 0.207. The summed E-state index contributed by atoms with van der Waals surface area (Å²) in [6.07, 6.45) is 3.94. The van der Waals surface area contributed by atoms with E-state index in [9.17, 15) is 4.79 Å². The summed E-state index contributed by atoms with van der Waals surface area (Å²) >= 11 is 0. The van der Waals surface area contributed by atoms with Gasteiger partial charge in [0, 0.05) is 19.8 Å². The molecule has 1 aliphatic carbocycles. The first kappa shape index (κ1) is 14.8. The molecule has 1 fully saturated rings. The Hall–Kier alpha value is -1.30. The summed E-state index contributed by atoms with van der Waals surface area (Å²) in [6, 6.07) is 0. The van der Waals surface area contributed by atoms with Crippen LogP contribution in [0.3, 0.4) is 0 Å². The first-order chi connectivity index (χ1) is 8.67. The monoisotopic (exact) mass is 257 g/mol. The number of nitrogens with zero attached hydrogens (tertiary/aromatic N) is 1. The molecule has 1 saturated carbocycles. The van der Waals surface area contributed by atoms with Crippen LogP contribution in [0, 0.1) is 5.41 Å². The first-order valence-corrected chi connectivity index (χ1v) is 6.51. The topological polar surface area (TPSA) is 96.9 Å². The Balaban J connectivity index is 2.46. The maximum absolute atomic E-state index is 12.2. The van der Waals surface area contributed by atoms with E-state index in [0.29, 0.717) is 32.6 Å². The smallest absolute Gasteiger partial charge is 0.233 e. The Kier molecular flexibility index (Phi) is 5.91. The lowest BCUT2D eigenvalue weighted by atomic mass is 9.84. The molecule has 1 aliphatic rings. The van der Waals surface area contributed by atoms with Gasteiger partial charge in [-0.05, 0) is 26.2 Å². The van der Waals surface area contributed by atoms with Crippen LogP contribution >= 0.6 is 0 Å². The predicted octanol–water partition coefficient (Wildman–Crippen LogP) is 0.836. The van der Waals surface area contributed by atoms with Crippen molar-refractivity contribution >= 4 is 11.7 Å². The number of nitrogens with one attached hydrogen (secondary N) is 1. The van der Waals surface area contributed by atoms with Crippen LogP contribution in [0.5, 0.6) is 0 Å². The summed E-state index contributed by atoms with van der Waals surface area (Å²) in [5, 5.41) is 14.7. The van der Waals surface area contributed by atoms with Gasteiger partial charge in [-0.2, -0.15) is 0 Å². The largest absolute Gasteiger partial charge is 0.409 e. The zero-order chi connectivity index (χ0) is 13.4. The van der Waals surface area contributed by atoms with Crippen molar-refractivity contribution in [2.24, 2.45) is 16.3 Å². The van der Waals surface area contributed by atoms with Gasteiger partial charge >= 0.3 is 0 Å². The minimum Gasteiger partial charge on any atom is -0.409 e. The van der Waals surface area contributed by atoms with E-state index in [1.54, 1.807) is 0 Å². The maximum Gasteiger partial charge on any atom is 0.233 e. The second kappa shape index (κ2) is 7.20. The number of amides is 1. The highest BCUT2D eigenvalue weighted by molar-refractivity contribution is 6.07. The zero-order valence-corrected chi connectivity index (χ0v) is 10.9. The van der Waals surface area contributed by atoms with Crippen LogP contribution in [-0.4, -0.2) is 36.7 Å². The fourth-order valence-electron chi connectivity index (χ4n) is 2.36.